The van der Waals surface area contributed by atoms with Gasteiger partial charge in [0.1, 0.15) is 5.82 Å². The van der Waals surface area contributed by atoms with Crippen molar-refractivity contribution in [3.63, 3.8) is 0 Å². The fourth-order valence-electron chi connectivity index (χ4n) is 4.65. The first-order chi connectivity index (χ1) is 13.0. The van der Waals surface area contributed by atoms with Crippen molar-refractivity contribution in [3.8, 4) is 0 Å². The normalized spacial score (nSPS) is 22.4. The van der Waals surface area contributed by atoms with Crippen LogP contribution < -0.4 is 4.90 Å². The smallest absolute Gasteiger partial charge is 0.230 e. The van der Waals surface area contributed by atoms with E-state index in [1.807, 2.05) is 29.7 Å². The summed E-state index contributed by atoms with van der Waals surface area (Å²) in [6.45, 7) is 5.74. The molecule has 1 saturated heterocycles. The Hall–Kier alpha value is -2.15. The minimum Gasteiger partial charge on any atom is -0.297 e. The molecule has 7 nitrogen and oxygen atoms in total. The van der Waals surface area contributed by atoms with Gasteiger partial charge in [0.25, 0.3) is 0 Å². The van der Waals surface area contributed by atoms with E-state index in [4.69, 9.17) is 5.10 Å². The number of aryl methyl sites for hydroxylation is 2. The summed E-state index contributed by atoms with van der Waals surface area (Å²) < 4.78 is 4.05. The van der Waals surface area contributed by atoms with Crippen LogP contribution in [0.2, 0.25) is 0 Å². The highest BCUT2D eigenvalue weighted by atomic mass is 16.2. The number of nitrogens with zero attached hydrogens (tertiary/aromatic N) is 6. The van der Waals surface area contributed by atoms with Gasteiger partial charge in [-0.15, -0.1) is 0 Å². The maximum atomic E-state index is 13.0. The number of hydrogen-bond acceptors (Lipinski definition) is 4. The number of fused-ring (bicyclic) bond motifs is 2. The highest BCUT2D eigenvalue weighted by Gasteiger charge is 2.46. The molecular formula is C20H28N6O. The summed E-state index contributed by atoms with van der Waals surface area (Å²) in [5.74, 6) is 1.99. The average Bonchev–Trinajstić information content (AvgIpc) is 3.24. The third kappa shape index (κ3) is 3.08. The second-order valence-electron chi connectivity index (χ2n) is 8.66. The van der Waals surface area contributed by atoms with Gasteiger partial charge in [-0.2, -0.15) is 10.2 Å². The van der Waals surface area contributed by atoms with E-state index in [1.165, 1.54) is 12.8 Å². The van der Waals surface area contributed by atoms with Crippen LogP contribution >= 0.6 is 0 Å². The number of amides is 1. The summed E-state index contributed by atoms with van der Waals surface area (Å²) in [4.78, 5) is 17.5. The van der Waals surface area contributed by atoms with Crippen LogP contribution in [0.3, 0.4) is 0 Å². The summed E-state index contributed by atoms with van der Waals surface area (Å²) in [6.07, 6.45) is 7.03. The highest BCUT2D eigenvalue weighted by molar-refractivity contribution is 5.94. The quantitative estimate of drug-likeness (QED) is 0.829. The van der Waals surface area contributed by atoms with E-state index in [-0.39, 0.29) is 11.4 Å². The molecule has 2 aromatic heterocycles. The lowest BCUT2D eigenvalue weighted by atomic mass is 9.82. The summed E-state index contributed by atoms with van der Waals surface area (Å²) >= 11 is 0. The molecule has 0 N–H and O–H groups in total. The molecule has 1 aliphatic carbocycles. The Labute approximate surface area is 159 Å². The van der Waals surface area contributed by atoms with Crippen LogP contribution in [-0.2, 0) is 23.9 Å². The van der Waals surface area contributed by atoms with Gasteiger partial charge in [0.05, 0.1) is 23.3 Å². The van der Waals surface area contributed by atoms with E-state index in [0.29, 0.717) is 12.3 Å². The van der Waals surface area contributed by atoms with Crippen molar-refractivity contribution in [1.29, 1.82) is 0 Å². The zero-order chi connectivity index (χ0) is 18.6. The Balaban J connectivity index is 1.35. The van der Waals surface area contributed by atoms with Gasteiger partial charge >= 0.3 is 0 Å². The largest absolute Gasteiger partial charge is 0.297 e. The maximum Gasteiger partial charge on any atom is 0.230 e. The van der Waals surface area contributed by atoms with E-state index in [2.05, 4.69) is 26.8 Å². The van der Waals surface area contributed by atoms with Crippen LogP contribution in [0.25, 0.3) is 0 Å². The Bertz CT molecular complexity index is 856. The predicted octanol–water partition coefficient (Wildman–Crippen LogP) is 2.06. The van der Waals surface area contributed by atoms with E-state index < -0.39 is 0 Å². The number of carbonyl (C=O) groups excluding carboxylic acids is 1. The molecule has 2 fully saturated rings. The molecule has 0 radical (unpaired) electrons. The molecule has 0 bridgehead atoms. The van der Waals surface area contributed by atoms with E-state index in [9.17, 15) is 4.79 Å². The van der Waals surface area contributed by atoms with Crippen LogP contribution in [0.5, 0.6) is 0 Å². The molecule has 2 aromatic rings. The molecule has 0 unspecified atom stereocenters. The van der Waals surface area contributed by atoms with Gasteiger partial charge in [-0.3, -0.25) is 19.3 Å². The van der Waals surface area contributed by atoms with Crippen molar-refractivity contribution in [3.05, 3.63) is 29.7 Å². The molecule has 5 rings (SSSR count). The third-order valence-electron chi connectivity index (χ3n) is 6.40. The second kappa shape index (κ2) is 6.19. The predicted molar refractivity (Wildman–Crippen MR) is 102 cm³/mol. The topological polar surface area (TPSA) is 59.2 Å². The van der Waals surface area contributed by atoms with Crippen molar-refractivity contribution in [2.45, 2.75) is 51.1 Å². The molecule has 7 heteroatoms. The number of piperidine rings is 1. The van der Waals surface area contributed by atoms with Crippen LogP contribution in [0.15, 0.2) is 18.3 Å². The first kappa shape index (κ1) is 17.0. The molecule has 144 valence electrons. The summed E-state index contributed by atoms with van der Waals surface area (Å²) in [7, 11) is 1.96. The second-order valence-corrected chi connectivity index (χ2v) is 8.66. The lowest BCUT2D eigenvalue weighted by Crippen LogP contribution is -2.54. The van der Waals surface area contributed by atoms with E-state index in [1.54, 1.807) is 0 Å². The molecule has 2 aliphatic heterocycles. The average molecular weight is 368 g/mol. The fourth-order valence-corrected chi connectivity index (χ4v) is 4.65. The van der Waals surface area contributed by atoms with Crippen molar-refractivity contribution in [2.75, 3.05) is 24.5 Å². The van der Waals surface area contributed by atoms with Crippen molar-refractivity contribution >= 4 is 11.7 Å². The van der Waals surface area contributed by atoms with Crippen molar-refractivity contribution in [2.24, 2.45) is 13.0 Å². The molecule has 4 heterocycles. The molecule has 1 saturated carbocycles. The summed E-state index contributed by atoms with van der Waals surface area (Å²) in [6, 6.07) is 4.18. The zero-order valence-corrected chi connectivity index (χ0v) is 16.3. The number of aromatic nitrogens is 4. The van der Waals surface area contributed by atoms with Gasteiger partial charge < -0.3 is 0 Å². The molecule has 27 heavy (non-hydrogen) atoms. The Kier molecular flexibility index (Phi) is 3.89. The van der Waals surface area contributed by atoms with E-state index >= 15 is 0 Å². The van der Waals surface area contributed by atoms with Gasteiger partial charge in [-0.1, -0.05) is 0 Å². The Morgan fingerprint density at radius 1 is 1.22 bits per heavy atom. The summed E-state index contributed by atoms with van der Waals surface area (Å²) in [5, 5.41) is 9.34. The number of likely N-dealkylation sites (tertiary alicyclic amines) is 1. The standard InChI is InChI=1S/C20H28N6O/c1-15-11-18-25(13-16-3-4-16)19(27)12-20(26(18)21-15)6-9-24(10-7-20)14-17-5-8-23(2)22-17/h5,8,11,16H,3-4,6-7,9-10,12-14H2,1-2H3. The highest BCUT2D eigenvalue weighted by Crippen LogP contribution is 2.43. The first-order valence-electron chi connectivity index (χ1n) is 10.1. The van der Waals surface area contributed by atoms with Gasteiger partial charge in [0.15, 0.2) is 0 Å². The summed E-state index contributed by atoms with van der Waals surface area (Å²) in [5.41, 5.74) is 1.97. The SMILES string of the molecule is Cc1cc2n(n1)C1(CCN(Cc3ccn(C)n3)CC1)CC(=O)N2CC1CC1. The number of hydrogen-bond donors (Lipinski definition) is 0. The Morgan fingerprint density at radius 2 is 2.00 bits per heavy atom. The maximum absolute atomic E-state index is 13.0. The van der Waals surface area contributed by atoms with Gasteiger partial charge in [0, 0.05) is 45.5 Å². The first-order valence-corrected chi connectivity index (χ1v) is 10.1. The van der Waals surface area contributed by atoms with Gasteiger partial charge in [-0.05, 0) is 44.6 Å². The molecule has 0 aromatic carbocycles. The minimum atomic E-state index is -0.151. The van der Waals surface area contributed by atoms with Gasteiger partial charge in [0.2, 0.25) is 5.91 Å². The van der Waals surface area contributed by atoms with Crippen LogP contribution in [0, 0.1) is 12.8 Å². The fraction of sp³-hybridized carbons (Fsp3) is 0.650. The number of carbonyl (C=O) groups is 1. The monoisotopic (exact) mass is 368 g/mol. The lowest BCUT2D eigenvalue weighted by molar-refractivity contribution is -0.123. The van der Waals surface area contributed by atoms with Crippen molar-refractivity contribution < 1.29 is 4.79 Å². The van der Waals surface area contributed by atoms with Crippen LogP contribution in [-0.4, -0.2) is 50.0 Å². The molecule has 1 amide bonds. The number of anilines is 1. The molecule has 1 spiro atoms. The van der Waals surface area contributed by atoms with Crippen molar-refractivity contribution in [1.82, 2.24) is 24.5 Å². The molecule has 3 aliphatic rings. The lowest BCUT2D eigenvalue weighted by Gasteiger charge is -2.46. The van der Waals surface area contributed by atoms with Gasteiger partial charge in [-0.25, -0.2) is 4.68 Å². The molecular weight excluding hydrogens is 340 g/mol. The van der Waals surface area contributed by atoms with Crippen LogP contribution in [0.4, 0.5) is 5.82 Å². The number of rotatable bonds is 4. The zero-order valence-electron chi connectivity index (χ0n) is 16.3. The minimum absolute atomic E-state index is 0.151. The third-order valence-corrected chi connectivity index (χ3v) is 6.40. The Morgan fingerprint density at radius 3 is 2.67 bits per heavy atom. The van der Waals surface area contributed by atoms with E-state index in [0.717, 1.165) is 56.2 Å². The molecule has 0 atom stereocenters. The van der Waals surface area contributed by atoms with Crippen LogP contribution in [0.1, 0.15) is 43.5 Å².